The largest absolute Gasteiger partial charge is 0.416 e. The molecule has 0 saturated heterocycles. The van der Waals surface area contributed by atoms with Crippen molar-refractivity contribution in [3.05, 3.63) is 68.2 Å². The lowest BCUT2D eigenvalue weighted by Gasteiger charge is -2.10. The van der Waals surface area contributed by atoms with Gasteiger partial charge in [-0.05, 0) is 40.2 Å². The van der Waals surface area contributed by atoms with Gasteiger partial charge in [-0.3, -0.25) is 14.9 Å². The summed E-state index contributed by atoms with van der Waals surface area (Å²) in [6.07, 6.45) is -4.53. The predicted molar refractivity (Wildman–Crippen MR) is 80.2 cm³/mol. The number of anilines is 1. The zero-order valence-electron chi connectivity index (χ0n) is 11.2. The average Bonchev–Trinajstić information content (AvgIpc) is 2.46. The summed E-state index contributed by atoms with van der Waals surface area (Å²) in [5.74, 6) is -0.764. The maximum absolute atomic E-state index is 12.6. The zero-order chi connectivity index (χ0) is 17.2. The van der Waals surface area contributed by atoms with Gasteiger partial charge < -0.3 is 5.32 Å². The average molecular weight is 389 g/mol. The second kappa shape index (κ2) is 6.37. The molecule has 2 aromatic carbocycles. The first-order valence-electron chi connectivity index (χ1n) is 6.11. The number of carbonyl (C=O) groups excluding carboxylic acids is 1. The van der Waals surface area contributed by atoms with Crippen LogP contribution in [0.4, 0.5) is 24.5 Å². The van der Waals surface area contributed by atoms with E-state index in [9.17, 15) is 28.1 Å². The van der Waals surface area contributed by atoms with E-state index in [0.717, 1.165) is 24.3 Å². The van der Waals surface area contributed by atoms with Crippen LogP contribution in [0.5, 0.6) is 0 Å². The van der Waals surface area contributed by atoms with Crippen LogP contribution in [0.1, 0.15) is 15.9 Å². The topological polar surface area (TPSA) is 72.2 Å². The molecule has 2 aromatic rings. The smallest absolute Gasteiger partial charge is 0.322 e. The Morgan fingerprint density at radius 3 is 2.48 bits per heavy atom. The summed E-state index contributed by atoms with van der Waals surface area (Å²) in [4.78, 5) is 22.2. The number of nitrogens with zero attached hydrogens (tertiary/aromatic N) is 1. The molecule has 0 saturated carbocycles. The molecule has 5 nitrogen and oxygen atoms in total. The third kappa shape index (κ3) is 4.07. The Kier molecular flexibility index (Phi) is 4.69. The van der Waals surface area contributed by atoms with Gasteiger partial charge in [-0.2, -0.15) is 13.2 Å². The molecule has 0 aliphatic heterocycles. The molecule has 9 heteroatoms. The molecule has 0 radical (unpaired) electrons. The number of carbonyl (C=O) groups is 1. The van der Waals surface area contributed by atoms with Gasteiger partial charge in [-0.15, -0.1) is 0 Å². The molecule has 0 fully saturated rings. The Morgan fingerprint density at radius 1 is 1.17 bits per heavy atom. The summed E-state index contributed by atoms with van der Waals surface area (Å²) in [5.41, 5.74) is -1.34. The standard InChI is InChI=1S/C14H8BrF3N2O3/c15-12-5-4-10(20(22)23)7-11(12)13(21)19-9-3-1-2-8(6-9)14(16,17)18/h1-7H,(H,19,21). The van der Waals surface area contributed by atoms with Gasteiger partial charge in [0, 0.05) is 22.3 Å². The van der Waals surface area contributed by atoms with Crippen LogP contribution in [-0.2, 0) is 6.18 Å². The van der Waals surface area contributed by atoms with Crippen molar-refractivity contribution in [2.24, 2.45) is 0 Å². The number of hydrogen-bond donors (Lipinski definition) is 1. The highest BCUT2D eigenvalue weighted by Gasteiger charge is 2.30. The zero-order valence-corrected chi connectivity index (χ0v) is 12.8. The molecule has 0 aliphatic carbocycles. The van der Waals surface area contributed by atoms with Crippen molar-refractivity contribution in [1.29, 1.82) is 0 Å². The van der Waals surface area contributed by atoms with Crippen molar-refractivity contribution in [2.45, 2.75) is 6.18 Å². The Balaban J connectivity index is 2.29. The normalized spacial score (nSPS) is 11.1. The highest BCUT2D eigenvalue weighted by Crippen LogP contribution is 2.31. The Hall–Kier alpha value is -2.42. The number of nitro groups is 1. The molecule has 2 rings (SSSR count). The Labute approximate surface area is 136 Å². The second-order valence-electron chi connectivity index (χ2n) is 4.45. The number of benzene rings is 2. The van der Waals surface area contributed by atoms with Crippen LogP contribution in [0.15, 0.2) is 46.9 Å². The SMILES string of the molecule is O=C(Nc1cccc(C(F)(F)F)c1)c1cc([N+](=O)[O-])ccc1Br. The summed E-state index contributed by atoms with van der Waals surface area (Å²) in [6, 6.07) is 7.65. The van der Waals surface area contributed by atoms with E-state index in [1.807, 2.05) is 0 Å². The lowest BCUT2D eigenvalue weighted by Crippen LogP contribution is -2.14. The molecule has 23 heavy (non-hydrogen) atoms. The summed E-state index contributed by atoms with van der Waals surface area (Å²) >= 11 is 3.08. The van der Waals surface area contributed by atoms with Gasteiger partial charge in [0.2, 0.25) is 0 Å². The number of halogens is 4. The fourth-order valence-corrected chi connectivity index (χ4v) is 2.20. The minimum Gasteiger partial charge on any atom is -0.322 e. The van der Waals surface area contributed by atoms with Gasteiger partial charge in [-0.25, -0.2) is 0 Å². The Morgan fingerprint density at radius 2 is 1.87 bits per heavy atom. The van der Waals surface area contributed by atoms with Crippen molar-refractivity contribution >= 4 is 33.2 Å². The summed E-state index contributed by atoms with van der Waals surface area (Å²) in [7, 11) is 0. The van der Waals surface area contributed by atoms with Crippen LogP contribution in [0.2, 0.25) is 0 Å². The lowest BCUT2D eigenvalue weighted by molar-refractivity contribution is -0.384. The molecular formula is C14H8BrF3N2O3. The van der Waals surface area contributed by atoms with Crippen LogP contribution >= 0.6 is 15.9 Å². The third-order valence-corrected chi connectivity index (χ3v) is 3.54. The van der Waals surface area contributed by atoms with Gasteiger partial charge in [0.25, 0.3) is 11.6 Å². The van der Waals surface area contributed by atoms with Crippen molar-refractivity contribution in [1.82, 2.24) is 0 Å². The first-order chi connectivity index (χ1) is 10.7. The quantitative estimate of drug-likeness (QED) is 0.615. The highest BCUT2D eigenvalue weighted by atomic mass is 79.9. The maximum atomic E-state index is 12.6. The van der Waals surface area contributed by atoms with E-state index in [2.05, 4.69) is 21.2 Å². The van der Waals surface area contributed by atoms with E-state index in [1.165, 1.54) is 18.2 Å². The van der Waals surface area contributed by atoms with Crippen LogP contribution in [0.25, 0.3) is 0 Å². The van der Waals surface area contributed by atoms with Gasteiger partial charge in [0.05, 0.1) is 16.1 Å². The van der Waals surface area contributed by atoms with Gasteiger partial charge in [-0.1, -0.05) is 6.07 Å². The molecule has 0 atom stereocenters. The van der Waals surface area contributed by atoms with Gasteiger partial charge in [0.1, 0.15) is 0 Å². The molecule has 1 amide bonds. The van der Waals surface area contributed by atoms with Crippen LogP contribution < -0.4 is 5.32 Å². The first-order valence-corrected chi connectivity index (χ1v) is 6.90. The molecule has 120 valence electrons. The first kappa shape index (κ1) is 16.9. The number of rotatable bonds is 3. The summed E-state index contributed by atoms with van der Waals surface area (Å²) < 4.78 is 38.2. The van der Waals surface area contributed by atoms with Crippen LogP contribution in [-0.4, -0.2) is 10.8 Å². The van der Waals surface area contributed by atoms with Crippen molar-refractivity contribution in [3.8, 4) is 0 Å². The third-order valence-electron chi connectivity index (χ3n) is 2.85. The van der Waals surface area contributed by atoms with Crippen molar-refractivity contribution in [3.63, 3.8) is 0 Å². The summed E-state index contributed by atoms with van der Waals surface area (Å²) in [6.45, 7) is 0. The molecular weight excluding hydrogens is 381 g/mol. The van der Waals surface area contributed by atoms with E-state index >= 15 is 0 Å². The van der Waals surface area contributed by atoms with E-state index in [1.54, 1.807) is 0 Å². The molecule has 0 bridgehead atoms. The predicted octanol–water partition coefficient (Wildman–Crippen LogP) is 4.63. The molecule has 0 unspecified atom stereocenters. The number of nitrogens with one attached hydrogen (secondary N) is 1. The fourth-order valence-electron chi connectivity index (χ4n) is 1.77. The number of non-ortho nitro benzene ring substituents is 1. The van der Waals surface area contributed by atoms with E-state index in [-0.39, 0.29) is 21.4 Å². The van der Waals surface area contributed by atoms with Gasteiger partial charge in [0.15, 0.2) is 0 Å². The molecule has 0 heterocycles. The minimum atomic E-state index is -4.53. The van der Waals surface area contributed by atoms with Gasteiger partial charge >= 0.3 is 6.18 Å². The highest BCUT2D eigenvalue weighted by molar-refractivity contribution is 9.10. The van der Waals surface area contributed by atoms with E-state index in [0.29, 0.717) is 0 Å². The van der Waals surface area contributed by atoms with Crippen LogP contribution in [0, 0.1) is 10.1 Å². The van der Waals surface area contributed by atoms with Crippen molar-refractivity contribution in [2.75, 3.05) is 5.32 Å². The molecule has 0 aromatic heterocycles. The second-order valence-corrected chi connectivity index (χ2v) is 5.31. The van der Waals surface area contributed by atoms with Crippen LogP contribution in [0.3, 0.4) is 0 Å². The molecule has 0 spiro atoms. The fraction of sp³-hybridized carbons (Fsp3) is 0.0714. The monoisotopic (exact) mass is 388 g/mol. The minimum absolute atomic E-state index is 0.0587. The number of hydrogen-bond acceptors (Lipinski definition) is 3. The molecule has 1 N–H and O–H groups in total. The number of alkyl halides is 3. The van der Waals surface area contributed by atoms with E-state index < -0.39 is 22.6 Å². The summed E-state index contributed by atoms with van der Waals surface area (Å²) in [5, 5.41) is 13.0. The molecule has 0 aliphatic rings. The van der Waals surface area contributed by atoms with E-state index in [4.69, 9.17) is 0 Å². The Bertz CT molecular complexity index is 778. The number of nitro benzene ring substituents is 1. The number of amides is 1. The van der Waals surface area contributed by atoms with Crippen molar-refractivity contribution < 1.29 is 22.9 Å². The maximum Gasteiger partial charge on any atom is 0.416 e. The lowest BCUT2D eigenvalue weighted by atomic mass is 10.1.